The molecule has 0 saturated carbocycles. The van der Waals surface area contributed by atoms with Crippen LogP contribution >= 0.6 is 0 Å². The molecule has 0 spiro atoms. The molecule has 0 unspecified atom stereocenters. The first kappa shape index (κ1) is 15.2. The Bertz CT molecular complexity index is 712. The zero-order valence-corrected chi connectivity index (χ0v) is 13.1. The van der Waals surface area contributed by atoms with Crippen molar-refractivity contribution in [1.29, 1.82) is 0 Å². The van der Waals surface area contributed by atoms with E-state index in [1.807, 2.05) is 25.1 Å². The van der Waals surface area contributed by atoms with E-state index < -0.39 is 0 Å². The molecule has 7 nitrogen and oxygen atoms in total. The minimum absolute atomic E-state index is 0.0473. The number of H-pyrrole nitrogens is 1. The number of aromatic nitrogens is 3. The van der Waals surface area contributed by atoms with E-state index in [0.717, 1.165) is 0 Å². The van der Waals surface area contributed by atoms with Gasteiger partial charge in [-0.2, -0.15) is 5.10 Å². The second-order valence-corrected chi connectivity index (χ2v) is 5.74. The fourth-order valence-corrected chi connectivity index (χ4v) is 2.90. The van der Waals surface area contributed by atoms with Crippen LogP contribution in [0, 0.1) is 6.92 Å². The molecule has 2 N–H and O–H groups in total. The third kappa shape index (κ3) is 3.23. The number of carbonyl (C=O) groups excluding carboxylic acids is 2. The molecular weight excluding hydrogens is 294 g/mol. The molecular formula is C16H19N5O2. The highest BCUT2D eigenvalue weighted by Crippen LogP contribution is 2.30. The van der Waals surface area contributed by atoms with Crippen LogP contribution in [0.25, 0.3) is 0 Å². The summed E-state index contributed by atoms with van der Waals surface area (Å²) in [6, 6.07) is 8.72. The molecule has 120 valence electrons. The highest BCUT2D eigenvalue weighted by molar-refractivity contribution is 5.94. The summed E-state index contributed by atoms with van der Waals surface area (Å²) in [5, 5.41) is 9.95. The van der Waals surface area contributed by atoms with E-state index in [9.17, 15) is 9.59 Å². The number of hydrogen-bond acceptors (Lipinski definition) is 4. The Kier molecular flexibility index (Phi) is 4.10. The highest BCUT2D eigenvalue weighted by Gasteiger charge is 2.37. The monoisotopic (exact) mass is 313 g/mol. The first-order chi connectivity index (χ1) is 11.0. The van der Waals surface area contributed by atoms with E-state index in [2.05, 4.69) is 20.5 Å². The van der Waals surface area contributed by atoms with Gasteiger partial charge in [0.15, 0.2) is 5.82 Å². The third-order valence-corrected chi connectivity index (χ3v) is 3.99. The van der Waals surface area contributed by atoms with Gasteiger partial charge in [-0.15, -0.1) is 0 Å². The standard InChI is InChI=1S/C16H19N5O2/c1-10-17-15(20-19-10)14-8-13(9-21(14)11(2)22)18-16(23)12-6-4-3-5-7-12/h3-7,13-14H,8-9H2,1-2H3,(H,18,23)(H,17,19,20)/t13-,14-/m0/s1. The first-order valence-electron chi connectivity index (χ1n) is 7.56. The number of benzene rings is 1. The first-order valence-corrected chi connectivity index (χ1v) is 7.56. The van der Waals surface area contributed by atoms with E-state index in [1.54, 1.807) is 17.0 Å². The third-order valence-electron chi connectivity index (χ3n) is 3.99. The van der Waals surface area contributed by atoms with Gasteiger partial charge < -0.3 is 10.2 Å². The van der Waals surface area contributed by atoms with Crippen LogP contribution in [0.4, 0.5) is 0 Å². The highest BCUT2D eigenvalue weighted by atomic mass is 16.2. The zero-order chi connectivity index (χ0) is 16.4. The number of amides is 2. The predicted molar refractivity (Wildman–Crippen MR) is 83.6 cm³/mol. The molecule has 0 radical (unpaired) electrons. The zero-order valence-electron chi connectivity index (χ0n) is 13.1. The van der Waals surface area contributed by atoms with E-state index in [0.29, 0.717) is 30.2 Å². The Hall–Kier alpha value is -2.70. The lowest BCUT2D eigenvalue weighted by molar-refractivity contribution is -0.129. The van der Waals surface area contributed by atoms with Crippen molar-refractivity contribution in [2.24, 2.45) is 0 Å². The Morgan fingerprint density at radius 3 is 2.65 bits per heavy atom. The summed E-state index contributed by atoms with van der Waals surface area (Å²) in [5.41, 5.74) is 0.610. The van der Waals surface area contributed by atoms with Gasteiger partial charge in [-0.25, -0.2) is 4.98 Å². The molecule has 2 heterocycles. The van der Waals surface area contributed by atoms with Crippen LogP contribution in [-0.4, -0.2) is 44.5 Å². The molecule has 1 aliphatic heterocycles. The lowest BCUT2D eigenvalue weighted by Crippen LogP contribution is -2.38. The smallest absolute Gasteiger partial charge is 0.251 e. The average molecular weight is 313 g/mol. The summed E-state index contributed by atoms with van der Waals surface area (Å²) in [5.74, 6) is 1.12. The summed E-state index contributed by atoms with van der Waals surface area (Å²) in [6.45, 7) is 3.80. The van der Waals surface area contributed by atoms with Gasteiger partial charge in [-0.1, -0.05) is 18.2 Å². The van der Waals surface area contributed by atoms with E-state index in [1.165, 1.54) is 6.92 Å². The Morgan fingerprint density at radius 2 is 2.04 bits per heavy atom. The van der Waals surface area contributed by atoms with Crippen molar-refractivity contribution >= 4 is 11.8 Å². The van der Waals surface area contributed by atoms with Crippen molar-refractivity contribution in [2.45, 2.75) is 32.4 Å². The average Bonchev–Trinajstić information content (AvgIpc) is 3.14. The molecule has 23 heavy (non-hydrogen) atoms. The number of nitrogens with zero attached hydrogens (tertiary/aromatic N) is 3. The Morgan fingerprint density at radius 1 is 1.30 bits per heavy atom. The molecule has 1 aromatic carbocycles. The summed E-state index contributed by atoms with van der Waals surface area (Å²) in [4.78, 5) is 30.2. The minimum atomic E-state index is -0.210. The lowest BCUT2D eigenvalue weighted by Gasteiger charge is -2.20. The van der Waals surface area contributed by atoms with Crippen LogP contribution in [-0.2, 0) is 4.79 Å². The maximum absolute atomic E-state index is 12.3. The molecule has 2 atom stereocenters. The number of rotatable bonds is 3. The van der Waals surface area contributed by atoms with Gasteiger partial charge in [0.25, 0.3) is 5.91 Å². The summed E-state index contributed by atoms with van der Waals surface area (Å²) >= 11 is 0. The molecule has 1 aliphatic rings. The number of aromatic amines is 1. The van der Waals surface area contributed by atoms with E-state index in [-0.39, 0.29) is 23.9 Å². The number of aryl methyl sites for hydroxylation is 1. The molecule has 1 aromatic heterocycles. The molecule has 2 amide bonds. The fourth-order valence-electron chi connectivity index (χ4n) is 2.90. The van der Waals surface area contributed by atoms with Gasteiger partial charge in [0.05, 0.1) is 6.04 Å². The van der Waals surface area contributed by atoms with Crippen LogP contribution in [0.2, 0.25) is 0 Å². The van der Waals surface area contributed by atoms with Gasteiger partial charge in [0.1, 0.15) is 5.82 Å². The SMILES string of the molecule is CC(=O)N1C[C@@H](NC(=O)c2ccccc2)C[C@H]1c1n[nH]c(C)n1. The van der Waals surface area contributed by atoms with Gasteiger partial charge in [0.2, 0.25) is 5.91 Å². The molecule has 1 fully saturated rings. The predicted octanol–water partition coefficient (Wildman–Crippen LogP) is 1.21. The normalized spacial score (nSPS) is 20.5. The van der Waals surface area contributed by atoms with Crippen LogP contribution < -0.4 is 5.32 Å². The molecule has 1 saturated heterocycles. The van der Waals surface area contributed by atoms with Gasteiger partial charge >= 0.3 is 0 Å². The fraction of sp³-hybridized carbons (Fsp3) is 0.375. The second-order valence-electron chi connectivity index (χ2n) is 5.74. The lowest BCUT2D eigenvalue weighted by atomic mass is 10.1. The quantitative estimate of drug-likeness (QED) is 0.891. The van der Waals surface area contributed by atoms with Gasteiger partial charge in [0, 0.05) is 25.1 Å². The molecule has 0 aliphatic carbocycles. The number of nitrogens with one attached hydrogen (secondary N) is 2. The van der Waals surface area contributed by atoms with Crippen molar-refractivity contribution in [3.05, 3.63) is 47.5 Å². The van der Waals surface area contributed by atoms with Crippen molar-refractivity contribution < 1.29 is 9.59 Å². The van der Waals surface area contributed by atoms with Crippen LogP contribution in [0.1, 0.15) is 41.4 Å². The van der Waals surface area contributed by atoms with Crippen LogP contribution in [0.5, 0.6) is 0 Å². The second kappa shape index (κ2) is 6.20. The van der Waals surface area contributed by atoms with Gasteiger partial charge in [-0.05, 0) is 25.5 Å². The van der Waals surface area contributed by atoms with Crippen LogP contribution in [0.3, 0.4) is 0 Å². The van der Waals surface area contributed by atoms with Crippen molar-refractivity contribution in [3.8, 4) is 0 Å². The largest absolute Gasteiger partial charge is 0.347 e. The molecule has 2 aromatic rings. The maximum atomic E-state index is 12.3. The van der Waals surface area contributed by atoms with Crippen molar-refractivity contribution in [3.63, 3.8) is 0 Å². The number of hydrogen-bond donors (Lipinski definition) is 2. The number of carbonyl (C=O) groups is 2. The molecule has 3 rings (SSSR count). The topological polar surface area (TPSA) is 91.0 Å². The Labute approximate surface area is 134 Å². The maximum Gasteiger partial charge on any atom is 0.251 e. The Balaban J connectivity index is 1.73. The van der Waals surface area contributed by atoms with E-state index in [4.69, 9.17) is 0 Å². The summed E-state index contributed by atoms with van der Waals surface area (Å²) < 4.78 is 0. The minimum Gasteiger partial charge on any atom is -0.347 e. The van der Waals surface area contributed by atoms with E-state index >= 15 is 0 Å². The van der Waals surface area contributed by atoms with Gasteiger partial charge in [-0.3, -0.25) is 14.7 Å². The number of likely N-dealkylation sites (tertiary alicyclic amines) is 1. The molecule has 7 heteroatoms. The van der Waals surface area contributed by atoms with Crippen molar-refractivity contribution in [1.82, 2.24) is 25.4 Å². The summed E-state index contributed by atoms with van der Waals surface area (Å²) in [6.07, 6.45) is 0.607. The molecule has 0 bridgehead atoms. The van der Waals surface area contributed by atoms with Crippen LogP contribution in [0.15, 0.2) is 30.3 Å². The summed E-state index contributed by atoms with van der Waals surface area (Å²) in [7, 11) is 0. The van der Waals surface area contributed by atoms with Crippen molar-refractivity contribution in [2.75, 3.05) is 6.54 Å².